The molecule has 2 aromatic rings. The van der Waals surface area contributed by atoms with Crippen molar-refractivity contribution in [1.29, 1.82) is 0 Å². The van der Waals surface area contributed by atoms with Crippen LogP contribution in [0, 0.1) is 0 Å². The van der Waals surface area contributed by atoms with Crippen molar-refractivity contribution in [2.75, 3.05) is 0 Å². The number of nitrogens with one attached hydrogen (secondary N) is 1. The second-order valence-corrected chi connectivity index (χ2v) is 3.95. The second-order valence-electron chi connectivity index (χ2n) is 3.11. The Morgan fingerprint density at radius 3 is 2.44 bits per heavy atom. The van der Waals surface area contributed by atoms with Crippen molar-refractivity contribution in [2.24, 2.45) is 0 Å². The van der Waals surface area contributed by atoms with Crippen molar-refractivity contribution in [3.8, 4) is 11.3 Å². The molecule has 0 radical (unpaired) electrons. The molecule has 1 heterocycles. The Bertz CT molecular complexity index is 555. The van der Waals surface area contributed by atoms with Crippen LogP contribution < -0.4 is 4.87 Å². The van der Waals surface area contributed by atoms with Crippen LogP contribution in [0.1, 0.15) is 5.56 Å². The van der Waals surface area contributed by atoms with Gasteiger partial charge < -0.3 is 4.98 Å². The Balaban J connectivity index is 2.61. The molecule has 2 rings (SSSR count). The predicted molar refractivity (Wildman–Crippen MR) is 55.4 cm³/mol. The van der Waals surface area contributed by atoms with Crippen molar-refractivity contribution in [3.63, 3.8) is 0 Å². The highest BCUT2D eigenvalue weighted by Crippen LogP contribution is 2.36. The van der Waals surface area contributed by atoms with E-state index in [-0.39, 0.29) is 16.1 Å². The van der Waals surface area contributed by atoms with E-state index in [0.717, 1.165) is 17.4 Å². The fourth-order valence-corrected chi connectivity index (χ4v) is 1.96. The molecule has 16 heavy (non-hydrogen) atoms. The number of H-pyrrole nitrogens is 1. The first-order chi connectivity index (χ1) is 7.48. The maximum Gasteiger partial charge on any atom is 0.417 e. The molecular formula is C10H6F3NOS. The number of benzene rings is 1. The highest BCUT2D eigenvalue weighted by molar-refractivity contribution is 7.07. The zero-order chi connectivity index (χ0) is 11.8. The minimum Gasteiger partial charge on any atom is -0.312 e. The van der Waals surface area contributed by atoms with E-state index in [4.69, 9.17) is 0 Å². The van der Waals surface area contributed by atoms with Gasteiger partial charge in [0.25, 0.3) is 0 Å². The lowest BCUT2D eigenvalue weighted by Gasteiger charge is -2.10. The molecule has 0 aliphatic rings. The van der Waals surface area contributed by atoms with Crippen LogP contribution in [0.2, 0.25) is 0 Å². The van der Waals surface area contributed by atoms with E-state index >= 15 is 0 Å². The number of thiazole rings is 1. The summed E-state index contributed by atoms with van der Waals surface area (Å²) in [5, 5.41) is 1.38. The van der Waals surface area contributed by atoms with Crippen molar-refractivity contribution in [1.82, 2.24) is 4.98 Å². The molecule has 84 valence electrons. The molecule has 2 nitrogen and oxygen atoms in total. The maximum absolute atomic E-state index is 12.7. The molecule has 0 saturated heterocycles. The summed E-state index contributed by atoms with van der Waals surface area (Å²) in [6.45, 7) is 0. The van der Waals surface area contributed by atoms with Crippen LogP contribution in [0.4, 0.5) is 13.2 Å². The van der Waals surface area contributed by atoms with Gasteiger partial charge in [0.15, 0.2) is 0 Å². The summed E-state index contributed by atoms with van der Waals surface area (Å²) in [4.78, 5) is 12.9. The molecule has 0 atom stereocenters. The number of hydrogen-bond acceptors (Lipinski definition) is 2. The molecule has 1 N–H and O–H groups in total. The summed E-state index contributed by atoms with van der Waals surface area (Å²) in [5.41, 5.74) is -0.555. The van der Waals surface area contributed by atoms with Crippen LogP contribution in [0.15, 0.2) is 34.4 Å². The maximum atomic E-state index is 12.7. The summed E-state index contributed by atoms with van der Waals surface area (Å²) in [6.07, 6.45) is -4.42. The van der Waals surface area contributed by atoms with Crippen molar-refractivity contribution in [3.05, 3.63) is 44.9 Å². The minimum absolute atomic E-state index is 0.00616. The summed E-state index contributed by atoms with van der Waals surface area (Å²) in [7, 11) is 0. The van der Waals surface area contributed by atoms with Crippen LogP contribution in [0.5, 0.6) is 0 Å². The van der Waals surface area contributed by atoms with E-state index in [2.05, 4.69) is 4.98 Å². The topological polar surface area (TPSA) is 32.9 Å². The lowest BCUT2D eigenvalue weighted by molar-refractivity contribution is -0.137. The Morgan fingerprint density at radius 2 is 1.88 bits per heavy atom. The Kier molecular flexibility index (Phi) is 2.59. The van der Waals surface area contributed by atoms with Gasteiger partial charge in [-0.2, -0.15) is 13.2 Å². The lowest BCUT2D eigenvalue weighted by Crippen LogP contribution is -2.07. The summed E-state index contributed by atoms with van der Waals surface area (Å²) in [5.74, 6) is 0. The van der Waals surface area contributed by atoms with Gasteiger partial charge in [0.2, 0.25) is 0 Å². The first kappa shape index (κ1) is 10.9. The quantitative estimate of drug-likeness (QED) is 0.822. The lowest BCUT2D eigenvalue weighted by atomic mass is 10.1. The van der Waals surface area contributed by atoms with Crippen LogP contribution >= 0.6 is 11.3 Å². The van der Waals surface area contributed by atoms with Gasteiger partial charge in [0, 0.05) is 10.9 Å². The number of aromatic amines is 1. The zero-order valence-electron chi connectivity index (χ0n) is 7.84. The van der Waals surface area contributed by atoms with E-state index in [1.165, 1.54) is 23.6 Å². The van der Waals surface area contributed by atoms with E-state index in [9.17, 15) is 18.0 Å². The monoisotopic (exact) mass is 245 g/mol. The molecule has 0 amide bonds. The number of halogens is 3. The van der Waals surface area contributed by atoms with Crippen LogP contribution in [-0.2, 0) is 6.18 Å². The fourth-order valence-electron chi connectivity index (χ4n) is 1.38. The zero-order valence-corrected chi connectivity index (χ0v) is 8.65. The van der Waals surface area contributed by atoms with Crippen LogP contribution in [-0.4, -0.2) is 4.98 Å². The standard InChI is InChI=1S/C10H6F3NOS/c11-10(12,13)7-4-2-1-3-6(7)8-5-16-9(15)14-8/h1-5H,(H,14,15). The van der Waals surface area contributed by atoms with Crippen molar-refractivity contribution >= 4 is 11.3 Å². The predicted octanol–water partition coefficient (Wildman–Crippen LogP) is 3.12. The first-order valence-corrected chi connectivity index (χ1v) is 5.21. The molecule has 0 fully saturated rings. The summed E-state index contributed by atoms with van der Waals surface area (Å²) < 4.78 is 38.0. The molecule has 0 aliphatic heterocycles. The van der Waals surface area contributed by atoms with Gasteiger partial charge >= 0.3 is 11.0 Å². The van der Waals surface area contributed by atoms with E-state index in [1.807, 2.05) is 0 Å². The third kappa shape index (κ3) is 2.01. The highest BCUT2D eigenvalue weighted by atomic mass is 32.1. The van der Waals surface area contributed by atoms with Gasteiger partial charge in [-0.25, -0.2) is 0 Å². The third-order valence-corrected chi connectivity index (χ3v) is 2.71. The summed E-state index contributed by atoms with van der Waals surface area (Å²) in [6, 6.07) is 5.14. The van der Waals surface area contributed by atoms with E-state index < -0.39 is 11.7 Å². The average molecular weight is 245 g/mol. The van der Waals surface area contributed by atoms with Gasteiger partial charge in [-0.1, -0.05) is 29.5 Å². The molecule has 1 aromatic carbocycles. The third-order valence-electron chi connectivity index (χ3n) is 2.04. The SMILES string of the molecule is O=c1[nH]c(-c2ccccc2C(F)(F)F)cs1. The van der Waals surface area contributed by atoms with Gasteiger partial charge in [-0.05, 0) is 6.07 Å². The average Bonchev–Trinajstić information content (AvgIpc) is 2.64. The van der Waals surface area contributed by atoms with Crippen molar-refractivity contribution < 1.29 is 13.2 Å². The normalized spacial score (nSPS) is 11.7. The second kappa shape index (κ2) is 3.79. The summed E-state index contributed by atoms with van der Waals surface area (Å²) >= 11 is 0.840. The molecule has 0 saturated carbocycles. The molecular weight excluding hydrogens is 239 g/mol. The van der Waals surface area contributed by atoms with E-state index in [1.54, 1.807) is 0 Å². The molecule has 1 aromatic heterocycles. The van der Waals surface area contributed by atoms with Gasteiger partial charge in [-0.3, -0.25) is 4.79 Å². The number of hydrogen-bond donors (Lipinski definition) is 1. The highest BCUT2D eigenvalue weighted by Gasteiger charge is 2.33. The molecule has 6 heteroatoms. The van der Waals surface area contributed by atoms with Gasteiger partial charge in [0.05, 0.1) is 11.3 Å². The molecule has 0 unspecified atom stereocenters. The van der Waals surface area contributed by atoms with E-state index in [0.29, 0.717) is 0 Å². The minimum atomic E-state index is -4.42. The van der Waals surface area contributed by atoms with Crippen LogP contribution in [0.3, 0.4) is 0 Å². The number of alkyl halides is 3. The molecule has 0 spiro atoms. The van der Waals surface area contributed by atoms with Gasteiger partial charge in [0.1, 0.15) is 0 Å². The largest absolute Gasteiger partial charge is 0.417 e. The number of aromatic nitrogens is 1. The molecule has 0 aliphatic carbocycles. The Labute approximate surface area is 92.4 Å². The Hall–Kier alpha value is -1.56. The first-order valence-electron chi connectivity index (χ1n) is 4.33. The molecule has 0 bridgehead atoms. The Morgan fingerprint density at radius 1 is 1.19 bits per heavy atom. The van der Waals surface area contributed by atoms with Gasteiger partial charge in [-0.15, -0.1) is 0 Å². The van der Waals surface area contributed by atoms with Crippen molar-refractivity contribution in [2.45, 2.75) is 6.18 Å². The number of rotatable bonds is 1. The smallest absolute Gasteiger partial charge is 0.312 e. The van der Waals surface area contributed by atoms with Crippen LogP contribution in [0.25, 0.3) is 11.3 Å². The fraction of sp³-hybridized carbons (Fsp3) is 0.100.